The van der Waals surface area contributed by atoms with Crippen molar-refractivity contribution in [1.29, 1.82) is 0 Å². The van der Waals surface area contributed by atoms with Crippen LogP contribution in [0.1, 0.15) is 12.8 Å². The zero-order chi connectivity index (χ0) is 10.1. The summed E-state index contributed by atoms with van der Waals surface area (Å²) >= 11 is 0. The predicted octanol–water partition coefficient (Wildman–Crippen LogP) is -1.66. The van der Waals surface area contributed by atoms with E-state index >= 15 is 0 Å². The third kappa shape index (κ3) is 3.20. The Morgan fingerprint density at radius 1 is 1.38 bits per heavy atom. The molecule has 0 amide bonds. The molecule has 0 unspecified atom stereocenters. The summed E-state index contributed by atoms with van der Waals surface area (Å²) in [7, 11) is -3.95. The summed E-state index contributed by atoms with van der Waals surface area (Å²) in [5.41, 5.74) is 0. The van der Waals surface area contributed by atoms with Crippen molar-refractivity contribution in [2.45, 2.75) is 25.0 Å². The van der Waals surface area contributed by atoms with Gasteiger partial charge in [0.15, 0.2) is 0 Å². The number of aliphatic hydroxyl groups is 2. The Morgan fingerprint density at radius 2 is 2.00 bits per heavy atom. The Bertz CT molecular complexity index is 264. The highest BCUT2D eigenvalue weighted by atomic mass is 32.2. The Morgan fingerprint density at radius 3 is 2.38 bits per heavy atom. The minimum Gasteiger partial charge on any atom is -0.390 e. The van der Waals surface area contributed by atoms with Crippen molar-refractivity contribution in [1.82, 2.24) is 0 Å². The van der Waals surface area contributed by atoms with Gasteiger partial charge in [0, 0.05) is 5.92 Å². The van der Waals surface area contributed by atoms with E-state index in [1.165, 1.54) is 0 Å². The fourth-order valence-corrected chi connectivity index (χ4v) is 1.77. The van der Waals surface area contributed by atoms with Crippen LogP contribution in [0.3, 0.4) is 0 Å². The zero-order valence-electron chi connectivity index (χ0n) is 6.96. The van der Waals surface area contributed by atoms with Gasteiger partial charge in [0.05, 0.1) is 18.8 Å². The van der Waals surface area contributed by atoms with Gasteiger partial charge in [-0.15, -0.1) is 0 Å². The molecular formula is C6H13NO5S. The molecule has 13 heavy (non-hydrogen) atoms. The SMILES string of the molecule is NS(=O)(=O)OC[C@H]1CC[C@H](O)[C@@H]1O. The lowest BCUT2D eigenvalue weighted by Crippen LogP contribution is -2.29. The van der Waals surface area contributed by atoms with Crippen LogP contribution in [0.2, 0.25) is 0 Å². The van der Waals surface area contributed by atoms with Crippen molar-refractivity contribution in [2.75, 3.05) is 6.61 Å². The van der Waals surface area contributed by atoms with E-state index in [-0.39, 0.29) is 12.5 Å². The first-order chi connectivity index (χ1) is 5.90. The first kappa shape index (κ1) is 10.9. The van der Waals surface area contributed by atoms with Crippen molar-refractivity contribution in [3.63, 3.8) is 0 Å². The Labute approximate surface area is 76.6 Å². The second-order valence-corrected chi connectivity index (χ2v) is 4.39. The summed E-state index contributed by atoms with van der Waals surface area (Å²) in [6.07, 6.45) is -0.701. The molecular weight excluding hydrogens is 198 g/mol. The first-order valence-electron chi connectivity index (χ1n) is 3.93. The standard InChI is InChI=1S/C6H13NO5S/c7-13(10,11)12-3-4-1-2-5(8)6(4)9/h4-6,8-9H,1-3H2,(H2,7,10,11)/t4-,5+,6-/m1/s1. The van der Waals surface area contributed by atoms with Crippen LogP contribution < -0.4 is 5.14 Å². The van der Waals surface area contributed by atoms with Crippen LogP contribution in [-0.4, -0.2) is 37.4 Å². The Balaban J connectivity index is 2.39. The average molecular weight is 211 g/mol. The Kier molecular flexibility index (Phi) is 3.25. The molecule has 3 atom stereocenters. The van der Waals surface area contributed by atoms with Gasteiger partial charge in [0.25, 0.3) is 0 Å². The highest BCUT2D eigenvalue weighted by Gasteiger charge is 2.34. The number of rotatable bonds is 3. The zero-order valence-corrected chi connectivity index (χ0v) is 7.77. The molecule has 1 aliphatic rings. The van der Waals surface area contributed by atoms with Gasteiger partial charge in [0.2, 0.25) is 0 Å². The first-order valence-corrected chi connectivity index (χ1v) is 5.40. The number of hydrogen-bond acceptors (Lipinski definition) is 5. The fourth-order valence-electron chi connectivity index (χ4n) is 1.40. The van der Waals surface area contributed by atoms with Crippen molar-refractivity contribution >= 4 is 10.3 Å². The highest BCUT2D eigenvalue weighted by molar-refractivity contribution is 7.84. The normalized spacial score (nSPS) is 35.2. The molecule has 0 heterocycles. The van der Waals surface area contributed by atoms with E-state index in [0.717, 1.165) is 0 Å². The summed E-state index contributed by atoms with van der Waals surface area (Å²) in [5.74, 6) is -0.353. The lowest BCUT2D eigenvalue weighted by atomic mass is 10.1. The lowest BCUT2D eigenvalue weighted by molar-refractivity contribution is 0.0103. The fraction of sp³-hybridized carbons (Fsp3) is 1.00. The van der Waals surface area contributed by atoms with Crippen molar-refractivity contribution in [2.24, 2.45) is 11.1 Å². The lowest BCUT2D eigenvalue weighted by Gasteiger charge is -2.14. The van der Waals surface area contributed by atoms with E-state index in [9.17, 15) is 13.5 Å². The van der Waals surface area contributed by atoms with E-state index in [2.05, 4.69) is 9.32 Å². The summed E-state index contributed by atoms with van der Waals surface area (Å²) in [5, 5.41) is 23.0. The molecule has 0 aliphatic heterocycles. The minimum absolute atomic E-state index is 0.170. The van der Waals surface area contributed by atoms with E-state index in [0.29, 0.717) is 12.8 Å². The predicted molar refractivity (Wildman–Crippen MR) is 43.8 cm³/mol. The maximum atomic E-state index is 10.4. The molecule has 1 saturated carbocycles. The molecule has 0 radical (unpaired) electrons. The molecule has 4 N–H and O–H groups in total. The van der Waals surface area contributed by atoms with E-state index in [1.54, 1.807) is 0 Å². The van der Waals surface area contributed by atoms with Gasteiger partial charge in [-0.05, 0) is 12.8 Å². The minimum atomic E-state index is -3.95. The smallest absolute Gasteiger partial charge is 0.333 e. The quantitative estimate of drug-likeness (QED) is 0.517. The van der Waals surface area contributed by atoms with Gasteiger partial charge in [-0.2, -0.15) is 8.42 Å². The van der Waals surface area contributed by atoms with Gasteiger partial charge in [-0.1, -0.05) is 0 Å². The van der Waals surface area contributed by atoms with Gasteiger partial charge in [0.1, 0.15) is 0 Å². The number of aliphatic hydroxyl groups excluding tert-OH is 2. The summed E-state index contributed by atoms with van der Waals surface area (Å²) in [4.78, 5) is 0. The van der Waals surface area contributed by atoms with E-state index in [1.807, 2.05) is 0 Å². The second kappa shape index (κ2) is 3.89. The maximum absolute atomic E-state index is 10.4. The Hall–Kier alpha value is -0.210. The molecule has 78 valence electrons. The molecule has 7 heteroatoms. The van der Waals surface area contributed by atoms with Crippen LogP contribution >= 0.6 is 0 Å². The summed E-state index contributed by atoms with van der Waals surface area (Å²) in [6, 6.07) is 0. The summed E-state index contributed by atoms with van der Waals surface area (Å²) < 4.78 is 25.1. The van der Waals surface area contributed by atoms with Crippen molar-refractivity contribution in [3.8, 4) is 0 Å². The molecule has 0 aromatic carbocycles. The topological polar surface area (TPSA) is 110 Å². The van der Waals surface area contributed by atoms with Crippen LogP contribution in [0.15, 0.2) is 0 Å². The molecule has 0 spiro atoms. The molecule has 6 nitrogen and oxygen atoms in total. The number of nitrogens with two attached hydrogens (primary N) is 1. The van der Waals surface area contributed by atoms with Crippen LogP contribution in [0.4, 0.5) is 0 Å². The molecule has 1 fully saturated rings. The van der Waals surface area contributed by atoms with Crippen LogP contribution in [0.5, 0.6) is 0 Å². The third-order valence-electron chi connectivity index (χ3n) is 2.16. The molecule has 0 bridgehead atoms. The third-order valence-corrected chi connectivity index (χ3v) is 2.62. The van der Waals surface area contributed by atoms with Crippen LogP contribution in [0, 0.1) is 5.92 Å². The van der Waals surface area contributed by atoms with Gasteiger partial charge in [-0.25, -0.2) is 5.14 Å². The average Bonchev–Trinajstić information content (AvgIpc) is 2.29. The van der Waals surface area contributed by atoms with Crippen LogP contribution in [0.25, 0.3) is 0 Å². The largest absolute Gasteiger partial charge is 0.390 e. The molecule has 1 aliphatic carbocycles. The monoisotopic (exact) mass is 211 g/mol. The number of hydrogen-bond donors (Lipinski definition) is 3. The van der Waals surface area contributed by atoms with Gasteiger partial charge in [-0.3, -0.25) is 4.18 Å². The van der Waals surface area contributed by atoms with Crippen molar-refractivity contribution in [3.05, 3.63) is 0 Å². The van der Waals surface area contributed by atoms with Gasteiger partial charge < -0.3 is 10.2 Å². The van der Waals surface area contributed by atoms with Crippen molar-refractivity contribution < 1.29 is 22.8 Å². The van der Waals surface area contributed by atoms with Crippen LogP contribution in [-0.2, 0) is 14.5 Å². The molecule has 0 saturated heterocycles. The maximum Gasteiger partial charge on any atom is 0.333 e. The molecule has 0 aromatic heterocycles. The molecule has 1 rings (SSSR count). The van der Waals surface area contributed by atoms with E-state index < -0.39 is 22.5 Å². The summed E-state index contributed by atoms with van der Waals surface area (Å²) in [6.45, 7) is -0.170. The highest BCUT2D eigenvalue weighted by Crippen LogP contribution is 2.26. The van der Waals surface area contributed by atoms with Gasteiger partial charge >= 0.3 is 10.3 Å². The van der Waals surface area contributed by atoms with E-state index in [4.69, 9.17) is 5.11 Å². The molecule has 0 aromatic rings. The second-order valence-electron chi connectivity index (χ2n) is 3.17.